The maximum absolute atomic E-state index is 8.33. The molecular formula is C4H2N2S4. The summed E-state index contributed by atoms with van der Waals surface area (Å²) in [5, 5.41) is 16.7. The van der Waals surface area contributed by atoms with Crippen molar-refractivity contribution in [2.24, 2.45) is 0 Å². The lowest BCUT2D eigenvalue weighted by atomic mass is 10.4. The lowest BCUT2D eigenvalue weighted by molar-refractivity contribution is 1.47. The van der Waals surface area contributed by atoms with Crippen LogP contribution in [0.4, 0.5) is 0 Å². The molecule has 0 N–H and O–H groups in total. The van der Waals surface area contributed by atoms with Crippen molar-refractivity contribution in [1.82, 2.24) is 0 Å². The Morgan fingerprint density at radius 2 is 1.50 bits per heavy atom. The highest BCUT2D eigenvalue weighted by molar-refractivity contribution is 8.80. The Kier molecular flexibility index (Phi) is 5.94. The van der Waals surface area contributed by atoms with E-state index in [-0.39, 0.29) is 5.57 Å². The molecule has 0 aromatic heterocycles. The summed E-state index contributed by atoms with van der Waals surface area (Å²) in [6, 6.07) is 3.47. The maximum atomic E-state index is 8.33. The molecule has 0 spiro atoms. The number of nitriles is 2. The molecule has 0 bridgehead atoms. The molecule has 0 unspecified atom stereocenters. The number of allylic oxidation sites excluding steroid dienone is 1. The summed E-state index contributed by atoms with van der Waals surface area (Å²) < 4.78 is 0.511. The molecule has 0 rings (SSSR count). The molecule has 0 saturated carbocycles. The predicted octanol–water partition coefficient (Wildman–Crippen LogP) is 2.40. The first-order chi connectivity index (χ1) is 4.79. The lowest BCUT2D eigenvalue weighted by Crippen LogP contribution is -1.73. The van der Waals surface area contributed by atoms with E-state index < -0.39 is 0 Å². The van der Waals surface area contributed by atoms with E-state index in [1.807, 2.05) is 0 Å². The van der Waals surface area contributed by atoms with Crippen LogP contribution in [0.3, 0.4) is 0 Å². The minimum atomic E-state index is 0.0556. The molecule has 52 valence electrons. The van der Waals surface area contributed by atoms with Crippen molar-refractivity contribution in [3.05, 3.63) is 9.81 Å². The van der Waals surface area contributed by atoms with E-state index in [9.17, 15) is 0 Å². The Balaban J connectivity index is 4.62. The van der Waals surface area contributed by atoms with Crippen molar-refractivity contribution in [1.29, 1.82) is 10.5 Å². The van der Waals surface area contributed by atoms with Gasteiger partial charge in [-0.2, -0.15) is 10.5 Å². The zero-order valence-electron chi connectivity index (χ0n) is 4.61. The van der Waals surface area contributed by atoms with E-state index in [4.69, 9.17) is 10.5 Å². The summed E-state index contributed by atoms with van der Waals surface area (Å²) in [7, 11) is 2.09. The number of hydrogen-bond acceptors (Lipinski definition) is 6. The van der Waals surface area contributed by atoms with Crippen molar-refractivity contribution >= 4 is 44.9 Å². The maximum Gasteiger partial charge on any atom is 0.151 e. The van der Waals surface area contributed by atoms with Crippen LogP contribution in [0.1, 0.15) is 0 Å². The smallest absolute Gasteiger partial charge is 0.151 e. The average molecular weight is 206 g/mol. The van der Waals surface area contributed by atoms with E-state index in [0.29, 0.717) is 4.24 Å². The molecule has 0 aliphatic carbocycles. The molecule has 0 aliphatic rings. The quantitative estimate of drug-likeness (QED) is 0.414. The van der Waals surface area contributed by atoms with Crippen LogP contribution < -0.4 is 0 Å². The molecule has 0 amide bonds. The van der Waals surface area contributed by atoms with Gasteiger partial charge in [0.05, 0.1) is 4.24 Å². The molecule has 0 fully saturated rings. The van der Waals surface area contributed by atoms with Gasteiger partial charge in [-0.05, 0) is 0 Å². The molecule has 2 nitrogen and oxygen atoms in total. The summed E-state index contributed by atoms with van der Waals surface area (Å²) in [5.41, 5.74) is 0.0556. The second-order valence-electron chi connectivity index (χ2n) is 1.07. The van der Waals surface area contributed by atoms with Gasteiger partial charge in [0.2, 0.25) is 0 Å². The summed E-state index contributed by atoms with van der Waals surface area (Å²) in [6.07, 6.45) is 0. The molecule has 0 radical (unpaired) electrons. The molecule has 0 aromatic carbocycles. The topological polar surface area (TPSA) is 47.6 Å². The van der Waals surface area contributed by atoms with Gasteiger partial charge in [0.25, 0.3) is 0 Å². The Labute approximate surface area is 77.3 Å². The highest BCUT2D eigenvalue weighted by atomic mass is 33.1. The standard InChI is InChI=1S/C4H2N2S4/c5-1-3(2-6)4(9-7)10-8/h7-8H. The van der Waals surface area contributed by atoms with Gasteiger partial charge in [-0.25, -0.2) is 0 Å². The van der Waals surface area contributed by atoms with Crippen molar-refractivity contribution < 1.29 is 0 Å². The second-order valence-corrected chi connectivity index (χ2v) is 3.60. The van der Waals surface area contributed by atoms with Crippen molar-refractivity contribution in [2.75, 3.05) is 0 Å². The zero-order chi connectivity index (χ0) is 7.98. The fourth-order valence-electron chi connectivity index (χ4n) is 0.224. The van der Waals surface area contributed by atoms with Gasteiger partial charge < -0.3 is 0 Å². The highest BCUT2D eigenvalue weighted by Gasteiger charge is 2.03. The van der Waals surface area contributed by atoms with Crippen LogP contribution in [0.2, 0.25) is 0 Å². The minimum absolute atomic E-state index is 0.0556. The number of thiol groups is 2. The van der Waals surface area contributed by atoms with Gasteiger partial charge in [-0.1, -0.05) is 21.6 Å². The summed E-state index contributed by atoms with van der Waals surface area (Å²) in [4.78, 5) is 0. The third kappa shape index (κ3) is 2.80. The van der Waals surface area contributed by atoms with Crippen LogP contribution in [0.5, 0.6) is 0 Å². The Morgan fingerprint density at radius 1 is 1.10 bits per heavy atom. The van der Waals surface area contributed by atoms with E-state index in [1.54, 1.807) is 12.1 Å². The molecular weight excluding hydrogens is 204 g/mol. The van der Waals surface area contributed by atoms with E-state index >= 15 is 0 Å². The van der Waals surface area contributed by atoms with E-state index in [0.717, 1.165) is 21.6 Å². The summed E-state index contributed by atoms with van der Waals surface area (Å²) >= 11 is 7.66. The van der Waals surface area contributed by atoms with Crippen LogP contribution in [-0.4, -0.2) is 0 Å². The molecule has 0 atom stereocenters. The van der Waals surface area contributed by atoms with Gasteiger partial charge in [-0.3, -0.25) is 0 Å². The van der Waals surface area contributed by atoms with Gasteiger partial charge in [-0.15, -0.1) is 23.3 Å². The second kappa shape index (κ2) is 5.87. The third-order valence-electron chi connectivity index (χ3n) is 0.594. The highest BCUT2D eigenvalue weighted by Crippen LogP contribution is 2.35. The van der Waals surface area contributed by atoms with Gasteiger partial charge in [0.1, 0.15) is 12.1 Å². The Morgan fingerprint density at radius 3 is 1.60 bits per heavy atom. The van der Waals surface area contributed by atoms with Crippen molar-refractivity contribution in [2.45, 2.75) is 0 Å². The minimum Gasteiger partial charge on any atom is -0.192 e. The van der Waals surface area contributed by atoms with E-state index in [2.05, 4.69) is 23.3 Å². The SMILES string of the molecule is N#CC(C#N)=C(SS)SS. The number of rotatable bonds is 2. The van der Waals surface area contributed by atoms with Gasteiger partial charge in [0.15, 0.2) is 5.57 Å². The zero-order valence-corrected chi connectivity index (χ0v) is 8.03. The summed E-state index contributed by atoms with van der Waals surface area (Å²) in [5.74, 6) is 0. The Bertz CT molecular complexity index is 198. The molecule has 0 aromatic rings. The van der Waals surface area contributed by atoms with Crippen molar-refractivity contribution in [3.63, 3.8) is 0 Å². The molecule has 10 heavy (non-hydrogen) atoms. The van der Waals surface area contributed by atoms with Crippen LogP contribution >= 0.6 is 44.9 Å². The van der Waals surface area contributed by atoms with Crippen LogP contribution in [0.25, 0.3) is 0 Å². The molecule has 6 heteroatoms. The third-order valence-corrected chi connectivity index (χ3v) is 3.67. The average Bonchev–Trinajstić information content (AvgIpc) is 2.00. The molecule has 0 saturated heterocycles. The fraction of sp³-hybridized carbons (Fsp3) is 0. The largest absolute Gasteiger partial charge is 0.192 e. The van der Waals surface area contributed by atoms with E-state index in [1.165, 1.54) is 0 Å². The van der Waals surface area contributed by atoms with Gasteiger partial charge in [0, 0.05) is 0 Å². The molecule has 0 heterocycles. The molecule has 0 aliphatic heterocycles. The van der Waals surface area contributed by atoms with Gasteiger partial charge >= 0.3 is 0 Å². The fourth-order valence-corrected chi connectivity index (χ4v) is 2.47. The Hall–Kier alpha value is 0.120. The predicted molar refractivity (Wildman–Crippen MR) is 51.4 cm³/mol. The van der Waals surface area contributed by atoms with Crippen molar-refractivity contribution in [3.8, 4) is 12.1 Å². The van der Waals surface area contributed by atoms with Crippen LogP contribution in [0, 0.1) is 22.7 Å². The number of nitrogens with zero attached hydrogens (tertiary/aromatic N) is 2. The van der Waals surface area contributed by atoms with Crippen LogP contribution in [-0.2, 0) is 0 Å². The first-order valence-electron chi connectivity index (χ1n) is 1.97. The van der Waals surface area contributed by atoms with Crippen LogP contribution in [0.15, 0.2) is 9.81 Å². The lowest BCUT2D eigenvalue weighted by Gasteiger charge is -1.92. The first kappa shape index (κ1) is 10.1. The monoisotopic (exact) mass is 206 g/mol. The summed E-state index contributed by atoms with van der Waals surface area (Å²) in [6.45, 7) is 0. The normalized spacial score (nSPS) is 7.60. The first-order valence-corrected chi connectivity index (χ1v) is 5.71. The number of hydrogen-bond donors (Lipinski definition) is 2.